The van der Waals surface area contributed by atoms with Crippen molar-refractivity contribution in [3.63, 3.8) is 0 Å². The third-order valence-corrected chi connectivity index (χ3v) is 7.22. The molecular formula is C36H34N2O3. The largest absolute Gasteiger partial charge is 0.460 e. The Morgan fingerprint density at radius 2 is 1.37 bits per heavy atom. The molecule has 1 heterocycles. The lowest BCUT2D eigenvalue weighted by atomic mass is 9.90. The second-order valence-corrected chi connectivity index (χ2v) is 9.89. The molecule has 0 fully saturated rings. The number of benzene rings is 4. The Hall–Kier alpha value is -4.90. The smallest absolute Gasteiger partial charge is 0.379 e. The number of ether oxygens (including phenoxy) is 1. The first-order valence-corrected chi connectivity index (χ1v) is 14.0. The average Bonchev–Trinajstić information content (AvgIpc) is 3.39. The Morgan fingerprint density at radius 3 is 2.05 bits per heavy atom. The summed E-state index contributed by atoms with van der Waals surface area (Å²) in [4.78, 5) is 24.7. The molecule has 0 spiro atoms. The van der Waals surface area contributed by atoms with E-state index in [9.17, 15) is 9.59 Å². The maximum absolute atomic E-state index is 12.7. The number of Topliss-reactive ketones (excluding diaryl/α,β-unsaturated/α-hetero) is 1. The molecule has 0 amide bonds. The van der Waals surface area contributed by atoms with Crippen molar-refractivity contribution in [1.29, 1.82) is 0 Å². The van der Waals surface area contributed by atoms with Crippen molar-refractivity contribution in [3.05, 3.63) is 138 Å². The molecule has 0 aliphatic heterocycles. The molecule has 0 aliphatic carbocycles. The highest BCUT2D eigenvalue weighted by atomic mass is 16.5. The van der Waals surface area contributed by atoms with Gasteiger partial charge in [0.2, 0.25) is 0 Å². The van der Waals surface area contributed by atoms with Crippen molar-refractivity contribution in [2.75, 3.05) is 18.5 Å². The Labute approximate surface area is 241 Å². The number of hydrogen-bond donors (Lipinski definition) is 1. The van der Waals surface area contributed by atoms with Gasteiger partial charge >= 0.3 is 5.97 Å². The van der Waals surface area contributed by atoms with Crippen molar-refractivity contribution in [2.45, 2.75) is 26.8 Å². The van der Waals surface area contributed by atoms with E-state index in [1.165, 1.54) is 27.8 Å². The summed E-state index contributed by atoms with van der Waals surface area (Å²) in [5.74, 6) is -1.42. The minimum Gasteiger partial charge on any atom is -0.460 e. The van der Waals surface area contributed by atoms with E-state index in [-0.39, 0.29) is 6.61 Å². The zero-order valence-corrected chi connectivity index (χ0v) is 23.5. The minimum absolute atomic E-state index is 0.173. The molecule has 1 N–H and O–H groups in total. The van der Waals surface area contributed by atoms with Crippen molar-refractivity contribution < 1.29 is 14.3 Å². The number of anilines is 1. The number of aryl methyl sites for hydroxylation is 1. The zero-order chi connectivity index (χ0) is 28.6. The number of para-hydroxylation sites is 1. The summed E-state index contributed by atoms with van der Waals surface area (Å²) in [5, 5.41) is 4.29. The van der Waals surface area contributed by atoms with Gasteiger partial charge in [0.25, 0.3) is 5.78 Å². The van der Waals surface area contributed by atoms with Crippen LogP contribution in [0.1, 0.15) is 47.3 Å². The molecule has 0 bridgehead atoms. The molecular weight excluding hydrogens is 508 g/mol. The van der Waals surface area contributed by atoms with Gasteiger partial charge in [-0.3, -0.25) is 4.79 Å². The molecule has 41 heavy (non-hydrogen) atoms. The molecule has 5 aromatic rings. The van der Waals surface area contributed by atoms with Gasteiger partial charge in [-0.15, -0.1) is 0 Å². The van der Waals surface area contributed by atoms with Gasteiger partial charge in [0.15, 0.2) is 0 Å². The molecule has 0 radical (unpaired) electrons. The number of ketones is 1. The van der Waals surface area contributed by atoms with Crippen LogP contribution in [0.3, 0.4) is 0 Å². The number of aromatic nitrogens is 1. The van der Waals surface area contributed by atoms with Crippen LogP contribution in [0.15, 0.2) is 115 Å². The van der Waals surface area contributed by atoms with Crippen LogP contribution in [0.25, 0.3) is 22.0 Å². The molecule has 0 atom stereocenters. The van der Waals surface area contributed by atoms with Crippen LogP contribution >= 0.6 is 0 Å². The number of fused-ring (bicyclic) bond motifs is 1. The SMILES string of the molecule is CCOC(=O)C(=O)c1cn(CCCNc2ccc(C(=C(C)c3ccccc3)c3ccccc3)cc2)c2ccccc12. The van der Waals surface area contributed by atoms with E-state index >= 15 is 0 Å². The number of nitrogens with zero attached hydrogens (tertiary/aromatic N) is 1. The lowest BCUT2D eigenvalue weighted by Gasteiger charge is -2.15. The highest BCUT2D eigenvalue weighted by molar-refractivity contribution is 6.43. The number of carbonyl (C=O) groups excluding carboxylic acids is 2. The average molecular weight is 543 g/mol. The predicted octanol–water partition coefficient (Wildman–Crippen LogP) is 7.87. The lowest BCUT2D eigenvalue weighted by Crippen LogP contribution is -2.17. The van der Waals surface area contributed by atoms with E-state index in [4.69, 9.17) is 4.74 Å². The fourth-order valence-corrected chi connectivity index (χ4v) is 5.19. The van der Waals surface area contributed by atoms with Crippen molar-refractivity contribution in [2.24, 2.45) is 0 Å². The third-order valence-electron chi connectivity index (χ3n) is 7.22. The Balaban J connectivity index is 1.28. The second-order valence-electron chi connectivity index (χ2n) is 9.89. The van der Waals surface area contributed by atoms with Crippen LogP contribution in [0.2, 0.25) is 0 Å². The first-order valence-electron chi connectivity index (χ1n) is 14.0. The topological polar surface area (TPSA) is 60.3 Å². The van der Waals surface area contributed by atoms with Crippen LogP contribution in [0.5, 0.6) is 0 Å². The van der Waals surface area contributed by atoms with E-state index in [2.05, 4.69) is 85.0 Å². The van der Waals surface area contributed by atoms with Crippen molar-refractivity contribution in [1.82, 2.24) is 4.57 Å². The van der Waals surface area contributed by atoms with Gasteiger partial charge in [-0.2, -0.15) is 0 Å². The van der Waals surface area contributed by atoms with Crippen LogP contribution in [0, 0.1) is 0 Å². The molecule has 0 unspecified atom stereocenters. The fraction of sp³-hybridized carbons (Fsp3) is 0.167. The Bertz CT molecular complexity index is 1670. The van der Waals surface area contributed by atoms with E-state index in [1.54, 1.807) is 13.1 Å². The summed E-state index contributed by atoms with van der Waals surface area (Å²) in [6.07, 6.45) is 2.61. The van der Waals surface area contributed by atoms with Gasteiger partial charge in [0.05, 0.1) is 12.2 Å². The van der Waals surface area contributed by atoms with Crippen molar-refractivity contribution >= 4 is 39.5 Å². The minimum atomic E-state index is -0.815. The van der Waals surface area contributed by atoms with E-state index in [1.807, 2.05) is 41.0 Å². The van der Waals surface area contributed by atoms with Crippen LogP contribution in [-0.4, -0.2) is 29.5 Å². The molecule has 1 aromatic heterocycles. The molecule has 0 saturated heterocycles. The maximum Gasteiger partial charge on any atom is 0.379 e. The van der Waals surface area contributed by atoms with Gasteiger partial charge in [-0.05, 0) is 66.3 Å². The van der Waals surface area contributed by atoms with Gasteiger partial charge in [-0.1, -0.05) is 91.0 Å². The maximum atomic E-state index is 12.7. The Morgan fingerprint density at radius 1 is 0.756 bits per heavy atom. The van der Waals surface area contributed by atoms with E-state index in [0.717, 1.165) is 29.6 Å². The van der Waals surface area contributed by atoms with Gasteiger partial charge < -0.3 is 14.6 Å². The zero-order valence-electron chi connectivity index (χ0n) is 23.5. The Kier molecular flexibility index (Phi) is 8.75. The summed E-state index contributed by atoms with van der Waals surface area (Å²) in [6, 6.07) is 37.2. The number of esters is 1. The molecule has 206 valence electrons. The number of allylic oxidation sites excluding steroid dienone is 1. The lowest BCUT2D eigenvalue weighted by molar-refractivity contribution is -0.137. The van der Waals surface area contributed by atoms with Crippen LogP contribution in [0.4, 0.5) is 5.69 Å². The van der Waals surface area contributed by atoms with E-state index < -0.39 is 11.8 Å². The van der Waals surface area contributed by atoms with E-state index in [0.29, 0.717) is 12.1 Å². The van der Waals surface area contributed by atoms with Gasteiger partial charge in [0, 0.05) is 35.9 Å². The van der Waals surface area contributed by atoms with Gasteiger partial charge in [-0.25, -0.2) is 4.79 Å². The number of rotatable bonds is 11. The number of carbonyl (C=O) groups is 2. The molecule has 0 aliphatic rings. The molecule has 5 rings (SSSR count). The quantitative estimate of drug-likeness (QED) is 0.0607. The molecule has 5 nitrogen and oxygen atoms in total. The molecule has 5 heteroatoms. The highest BCUT2D eigenvalue weighted by Crippen LogP contribution is 2.32. The summed E-state index contributed by atoms with van der Waals surface area (Å²) in [6.45, 7) is 5.52. The molecule has 4 aromatic carbocycles. The number of nitrogens with one attached hydrogen (secondary N) is 1. The van der Waals surface area contributed by atoms with Crippen molar-refractivity contribution in [3.8, 4) is 0 Å². The van der Waals surface area contributed by atoms with Gasteiger partial charge in [0.1, 0.15) is 0 Å². The fourth-order valence-electron chi connectivity index (χ4n) is 5.19. The summed E-state index contributed by atoms with van der Waals surface area (Å²) >= 11 is 0. The predicted molar refractivity (Wildman–Crippen MR) is 167 cm³/mol. The van der Waals surface area contributed by atoms with Crippen LogP contribution < -0.4 is 5.32 Å². The summed E-state index contributed by atoms with van der Waals surface area (Å²) in [7, 11) is 0. The van der Waals surface area contributed by atoms with Crippen LogP contribution in [-0.2, 0) is 16.1 Å². The molecule has 0 saturated carbocycles. The first-order chi connectivity index (χ1) is 20.1. The summed E-state index contributed by atoms with van der Waals surface area (Å²) in [5.41, 5.74) is 8.38. The second kappa shape index (κ2) is 13.0. The normalized spacial score (nSPS) is 11.7. The third kappa shape index (κ3) is 6.30. The number of hydrogen-bond acceptors (Lipinski definition) is 4. The standard InChI is InChI=1S/C36H34N2O3/c1-3-41-36(40)35(39)32-25-38(33-18-11-10-17-31(32)33)24-12-23-37-30-21-19-29(20-22-30)34(28-15-8-5-9-16-28)26(2)27-13-6-4-7-14-27/h4-11,13-22,25,37H,3,12,23-24H2,1-2H3. The first kappa shape index (κ1) is 27.7. The monoisotopic (exact) mass is 542 g/mol. The highest BCUT2D eigenvalue weighted by Gasteiger charge is 2.22. The summed E-state index contributed by atoms with van der Waals surface area (Å²) < 4.78 is 6.97.